The van der Waals surface area contributed by atoms with Crippen molar-refractivity contribution in [2.75, 3.05) is 7.11 Å². The number of nitrogens with one attached hydrogen (secondary N) is 1. The van der Waals surface area contributed by atoms with Crippen LogP contribution in [0.3, 0.4) is 0 Å². The normalized spacial score (nSPS) is 9.62. The predicted molar refractivity (Wildman–Crippen MR) is 42.8 cm³/mol. The van der Waals surface area contributed by atoms with Crippen LogP contribution in [0.25, 0.3) is 0 Å². The summed E-state index contributed by atoms with van der Waals surface area (Å²) >= 11 is 0. The Morgan fingerprint density at radius 3 is 2.92 bits per heavy atom. The van der Waals surface area contributed by atoms with E-state index in [2.05, 4.69) is 14.9 Å². The molecule has 0 saturated heterocycles. The highest BCUT2D eigenvalue weighted by molar-refractivity contribution is 5.91. The van der Waals surface area contributed by atoms with E-state index in [9.17, 15) is 9.59 Å². The summed E-state index contributed by atoms with van der Waals surface area (Å²) in [4.78, 5) is 21.6. The molecule has 3 N–H and O–H groups in total. The smallest absolute Gasteiger partial charge is 0.341 e. The molecule has 13 heavy (non-hydrogen) atoms. The van der Waals surface area contributed by atoms with Crippen LogP contribution in [0, 0.1) is 0 Å². The fourth-order valence-corrected chi connectivity index (χ4v) is 0.908. The number of hydrogen-bond donors (Lipinski definition) is 2. The number of primary amides is 1. The van der Waals surface area contributed by atoms with E-state index in [-0.39, 0.29) is 12.0 Å². The molecule has 0 saturated carbocycles. The highest BCUT2D eigenvalue weighted by atomic mass is 16.5. The lowest BCUT2D eigenvalue weighted by Gasteiger charge is -1.97. The lowest BCUT2D eigenvalue weighted by Crippen LogP contribution is -2.16. The summed E-state index contributed by atoms with van der Waals surface area (Å²) in [5.74, 6) is -1.07. The summed E-state index contributed by atoms with van der Waals surface area (Å²) in [5.41, 5.74) is 5.57. The van der Waals surface area contributed by atoms with Gasteiger partial charge in [-0.05, 0) is 0 Å². The third kappa shape index (κ3) is 2.05. The van der Waals surface area contributed by atoms with E-state index >= 15 is 0 Å². The number of esters is 1. The lowest BCUT2D eigenvalue weighted by molar-refractivity contribution is -0.117. The lowest BCUT2D eigenvalue weighted by atomic mass is 10.2. The van der Waals surface area contributed by atoms with Gasteiger partial charge < -0.3 is 10.5 Å². The maximum absolute atomic E-state index is 11.0. The Morgan fingerprint density at radius 1 is 1.69 bits per heavy atom. The number of ether oxygens (including phenoxy) is 1. The zero-order valence-electron chi connectivity index (χ0n) is 7.03. The van der Waals surface area contributed by atoms with Gasteiger partial charge in [-0.15, -0.1) is 0 Å². The average molecular weight is 183 g/mol. The summed E-state index contributed by atoms with van der Waals surface area (Å²) < 4.78 is 4.47. The van der Waals surface area contributed by atoms with Crippen LogP contribution in [0.2, 0.25) is 0 Å². The number of methoxy groups -OCH3 is 1. The van der Waals surface area contributed by atoms with Gasteiger partial charge in [-0.2, -0.15) is 5.10 Å². The van der Waals surface area contributed by atoms with Gasteiger partial charge in [-0.25, -0.2) is 4.79 Å². The topological polar surface area (TPSA) is 98.1 Å². The van der Waals surface area contributed by atoms with Crippen molar-refractivity contribution in [2.45, 2.75) is 6.42 Å². The molecular weight excluding hydrogens is 174 g/mol. The number of carbonyl (C=O) groups excluding carboxylic acids is 2. The van der Waals surface area contributed by atoms with Crippen molar-refractivity contribution in [3.63, 3.8) is 0 Å². The van der Waals surface area contributed by atoms with Gasteiger partial charge in [0, 0.05) is 0 Å². The van der Waals surface area contributed by atoms with Crippen molar-refractivity contribution in [3.05, 3.63) is 17.5 Å². The summed E-state index contributed by atoms with van der Waals surface area (Å²) in [5, 5.41) is 6.11. The van der Waals surface area contributed by atoms with E-state index in [1.165, 1.54) is 13.3 Å². The van der Waals surface area contributed by atoms with Crippen molar-refractivity contribution in [3.8, 4) is 0 Å². The zero-order chi connectivity index (χ0) is 9.84. The Balaban J connectivity index is 2.89. The van der Waals surface area contributed by atoms with E-state index in [0.29, 0.717) is 5.69 Å². The SMILES string of the molecule is COC(=O)c1cn[nH]c1CC(N)=O. The molecular formula is C7H9N3O3. The molecule has 70 valence electrons. The molecule has 0 aromatic carbocycles. The number of carbonyl (C=O) groups is 2. The molecule has 0 unspecified atom stereocenters. The van der Waals surface area contributed by atoms with E-state index in [1.807, 2.05) is 0 Å². The van der Waals surface area contributed by atoms with E-state index < -0.39 is 11.9 Å². The first-order valence-corrected chi connectivity index (χ1v) is 3.54. The molecule has 0 aliphatic heterocycles. The first-order chi connectivity index (χ1) is 6.15. The van der Waals surface area contributed by atoms with Gasteiger partial charge in [0.1, 0.15) is 5.56 Å². The molecule has 0 aliphatic carbocycles. The first-order valence-electron chi connectivity index (χ1n) is 3.54. The fraction of sp³-hybridized carbons (Fsp3) is 0.286. The quantitative estimate of drug-likeness (QED) is 0.601. The highest BCUT2D eigenvalue weighted by Crippen LogP contribution is 2.06. The van der Waals surface area contributed by atoms with E-state index in [4.69, 9.17) is 5.73 Å². The Kier molecular flexibility index (Phi) is 2.63. The molecule has 6 heteroatoms. The third-order valence-corrected chi connectivity index (χ3v) is 1.47. The van der Waals surface area contributed by atoms with E-state index in [0.717, 1.165) is 0 Å². The molecule has 0 spiro atoms. The molecule has 0 atom stereocenters. The van der Waals surface area contributed by atoms with Crippen molar-refractivity contribution in [2.24, 2.45) is 5.73 Å². The summed E-state index contributed by atoms with van der Waals surface area (Å²) in [6, 6.07) is 0. The molecule has 6 nitrogen and oxygen atoms in total. The second-order valence-electron chi connectivity index (χ2n) is 2.40. The summed E-state index contributed by atoms with van der Waals surface area (Å²) in [7, 11) is 1.25. The Hall–Kier alpha value is -1.85. The molecule has 1 rings (SSSR count). The van der Waals surface area contributed by atoms with Crippen LogP contribution in [0.5, 0.6) is 0 Å². The number of aromatic amines is 1. The van der Waals surface area contributed by atoms with Crippen molar-refractivity contribution in [1.29, 1.82) is 0 Å². The van der Waals surface area contributed by atoms with Gasteiger partial charge in [0.15, 0.2) is 0 Å². The number of aromatic nitrogens is 2. The minimum atomic E-state index is -0.537. The van der Waals surface area contributed by atoms with Crippen LogP contribution >= 0.6 is 0 Å². The second kappa shape index (κ2) is 3.70. The van der Waals surface area contributed by atoms with Crippen LogP contribution in [-0.4, -0.2) is 29.2 Å². The van der Waals surface area contributed by atoms with Crippen LogP contribution in [0.1, 0.15) is 16.1 Å². The predicted octanol–water partition coefficient (Wildman–Crippen LogP) is -0.776. The molecule has 1 aromatic rings. The molecule has 0 fully saturated rings. The van der Waals surface area contributed by atoms with E-state index in [1.54, 1.807) is 0 Å². The molecule has 0 aliphatic rings. The minimum absolute atomic E-state index is 0.0512. The third-order valence-electron chi connectivity index (χ3n) is 1.47. The van der Waals surface area contributed by atoms with Crippen LogP contribution < -0.4 is 5.73 Å². The molecule has 0 bridgehead atoms. The first kappa shape index (κ1) is 9.24. The Labute approximate surface area is 74.1 Å². The van der Waals surface area contributed by atoms with Crippen molar-refractivity contribution in [1.82, 2.24) is 10.2 Å². The molecule has 0 radical (unpaired) electrons. The van der Waals surface area contributed by atoms with Crippen LogP contribution in [0.15, 0.2) is 6.20 Å². The van der Waals surface area contributed by atoms with Crippen molar-refractivity contribution < 1.29 is 14.3 Å². The maximum atomic E-state index is 11.0. The number of nitrogens with two attached hydrogens (primary N) is 1. The molecule has 1 aromatic heterocycles. The van der Waals surface area contributed by atoms with Gasteiger partial charge in [0.05, 0.1) is 25.4 Å². The number of rotatable bonds is 3. The largest absolute Gasteiger partial charge is 0.465 e. The maximum Gasteiger partial charge on any atom is 0.341 e. The van der Waals surface area contributed by atoms with Gasteiger partial charge >= 0.3 is 5.97 Å². The summed E-state index contributed by atoms with van der Waals surface area (Å²) in [6.07, 6.45) is 1.24. The van der Waals surface area contributed by atoms with Crippen molar-refractivity contribution >= 4 is 11.9 Å². The second-order valence-corrected chi connectivity index (χ2v) is 2.40. The molecule has 1 heterocycles. The van der Waals surface area contributed by atoms with Gasteiger partial charge in [0.2, 0.25) is 5.91 Å². The number of nitrogens with zero attached hydrogens (tertiary/aromatic N) is 1. The Bertz CT molecular complexity index is 331. The summed E-state index contributed by atoms with van der Waals surface area (Å²) in [6.45, 7) is 0. The zero-order valence-corrected chi connectivity index (χ0v) is 7.03. The van der Waals surface area contributed by atoms with Gasteiger partial charge in [-0.3, -0.25) is 9.89 Å². The number of amides is 1. The standard InChI is InChI=1S/C7H9N3O3/c1-13-7(12)4-3-9-10-5(4)2-6(8)11/h3H,2H2,1H3,(H2,8,11)(H,9,10). The van der Waals surface area contributed by atoms with Gasteiger partial charge in [-0.1, -0.05) is 0 Å². The van der Waals surface area contributed by atoms with Gasteiger partial charge in [0.25, 0.3) is 0 Å². The minimum Gasteiger partial charge on any atom is -0.465 e. The van der Waals surface area contributed by atoms with Crippen LogP contribution in [-0.2, 0) is 16.0 Å². The fourth-order valence-electron chi connectivity index (χ4n) is 0.908. The monoisotopic (exact) mass is 183 g/mol. The highest BCUT2D eigenvalue weighted by Gasteiger charge is 2.14. The number of hydrogen-bond acceptors (Lipinski definition) is 4. The van der Waals surface area contributed by atoms with Crippen LogP contribution in [0.4, 0.5) is 0 Å². The molecule has 1 amide bonds. The number of H-pyrrole nitrogens is 1. The Morgan fingerprint density at radius 2 is 2.38 bits per heavy atom. The average Bonchev–Trinajstić information content (AvgIpc) is 2.50.